The first-order chi connectivity index (χ1) is 15.0. The van der Waals surface area contributed by atoms with Crippen LogP contribution in [0.3, 0.4) is 0 Å². The van der Waals surface area contributed by atoms with Gasteiger partial charge in [0.05, 0.1) is 18.4 Å². The summed E-state index contributed by atoms with van der Waals surface area (Å²) in [4.78, 5) is 12.7. The van der Waals surface area contributed by atoms with Gasteiger partial charge in [-0.2, -0.15) is 5.10 Å². The number of nitrogens with zero attached hydrogens (tertiary/aromatic N) is 2. The Morgan fingerprint density at radius 1 is 0.935 bits per heavy atom. The van der Waals surface area contributed by atoms with Crippen LogP contribution < -0.4 is 10.1 Å². The molecule has 0 fully saturated rings. The Kier molecular flexibility index (Phi) is 6.55. The van der Waals surface area contributed by atoms with Gasteiger partial charge >= 0.3 is 0 Å². The van der Waals surface area contributed by atoms with Crippen LogP contribution in [-0.4, -0.2) is 15.7 Å². The van der Waals surface area contributed by atoms with Crippen molar-refractivity contribution in [2.75, 3.05) is 5.32 Å². The van der Waals surface area contributed by atoms with Crippen LogP contribution in [0.15, 0.2) is 85.2 Å². The molecule has 0 bridgehead atoms. The number of amides is 1. The van der Waals surface area contributed by atoms with E-state index in [1.165, 1.54) is 0 Å². The van der Waals surface area contributed by atoms with Crippen molar-refractivity contribution in [1.82, 2.24) is 9.78 Å². The lowest BCUT2D eigenvalue weighted by Gasteiger charge is -2.08. The van der Waals surface area contributed by atoms with Crippen molar-refractivity contribution in [1.29, 1.82) is 0 Å². The standard InChI is InChI=1S/C24H19Cl2N3O2/c25-20-9-7-17(8-10-20)14-29-15-22(13-27-29)28-24(30)19-4-1-3-18(11-19)16-31-23-6-2-5-21(26)12-23/h1-13,15H,14,16H2,(H,28,30). The number of carbonyl (C=O) groups is 1. The van der Waals surface area contributed by atoms with Gasteiger partial charge in [-0.05, 0) is 53.6 Å². The van der Waals surface area contributed by atoms with E-state index >= 15 is 0 Å². The van der Waals surface area contributed by atoms with Crippen LogP contribution in [-0.2, 0) is 13.2 Å². The largest absolute Gasteiger partial charge is 0.489 e. The first-order valence-electron chi connectivity index (χ1n) is 9.61. The molecule has 0 saturated heterocycles. The highest BCUT2D eigenvalue weighted by Gasteiger charge is 2.09. The van der Waals surface area contributed by atoms with Crippen LogP contribution in [0.4, 0.5) is 5.69 Å². The molecule has 0 radical (unpaired) electrons. The first-order valence-corrected chi connectivity index (χ1v) is 10.4. The minimum absolute atomic E-state index is 0.212. The third kappa shape index (κ3) is 5.87. The molecule has 156 valence electrons. The van der Waals surface area contributed by atoms with Crippen molar-refractivity contribution in [2.45, 2.75) is 13.2 Å². The monoisotopic (exact) mass is 451 g/mol. The molecule has 31 heavy (non-hydrogen) atoms. The highest BCUT2D eigenvalue weighted by atomic mass is 35.5. The zero-order valence-electron chi connectivity index (χ0n) is 16.5. The summed E-state index contributed by atoms with van der Waals surface area (Å²) in [5, 5.41) is 8.49. The van der Waals surface area contributed by atoms with E-state index in [0.717, 1.165) is 11.1 Å². The van der Waals surface area contributed by atoms with E-state index in [-0.39, 0.29) is 5.91 Å². The molecule has 3 aromatic carbocycles. The van der Waals surface area contributed by atoms with Crippen LogP contribution in [0.2, 0.25) is 10.0 Å². The lowest BCUT2D eigenvalue weighted by Crippen LogP contribution is -2.12. The van der Waals surface area contributed by atoms with E-state index in [0.29, 0.717) is 40.2 Å². The van der Waals surface area contributed by atoms with Gasteiger partial charge in [0.15, 0.2) is 0 Å². The summed E-state index contributed by atoms with van der Waals surface area (Å²) >= 11 is 11.9. The maximum absolute atomic E-state index is 12.7. The van der Waals surface area contributed by atoms with Gasteiger partial charge in [0.1, 0.15) is 12.4 Å². The molecule has 1 aromatic heterocycles. The summed E-state index contributed by atoms with van der Waals surface area (Å²) in [6, 6.07) is 22.1. The number of halogens is 2. The molecule has 1 N–H and O–H groups in total. The summed E-state index contributed by atoms with van der Waals surface area (Å²) in [6.07, 6.45) is 3.42. The molecule has 5 nitrogen and oxygen atoms in total. The minimum atomic E-state index is -0.212. The number of nitrogens with one attached hydrogen (secondary N) is 1. The minimum Gasteiger partial charge on any atom is -0.489 e. The van der Waals surface area contributed by atoms with Gasteiger partial charge in [0.25, 0.3) is 5.91 Å². The molecule has 0 aliphatic carbocycles. The van der Waals surface area contributed by atoms with Gasteiger partial charge in [-0.3, -0.25) is 9.48 Å². The predicted octanol–water partition coefficient (Wildman–Crippen LogP) is 6.07. The fourth-order valence-corrected chi connectivity index (χ4v) is 3.33. The van der Waals surface area contributed by atoms with Crippen molar-refractivity contribution < 1.29 is 9.53 Å². The third-order valence-corrected chi connectivity index (χ3v) is 5.03. The van der Waals surface area contributed by atoms with E-state index in [4.69, 9.17) is 27.9 Å². The average molecular weight is 452 g/mol. The summed E-state index contributed by atoms with van der Waals surface area (Å²) in [6.45, 7) is 0.920. The molecular formula is C24H19Cl2N3O2. The number of hydrogen-bond donors (Lipinski definition) is 1. The van der Waals surface area contributed by atoms with E-state index < -0.39 is 0 Å². The smallest absolute Gasteiger partial charge is 0.255 e. The number of hydrogen-bond acceptors (Lipinski definition) is 3. The van der Waals surface area contributed by atoms with E-state index in [2.05, 4.69) is 10.4 Å². The number of benzene rings is 3. The zero-order chi connectivity index (χ0) is 21.6. The molecule has 1 amide bonds. The Hall–Kier alpha value is -3.28. The molecule has 0 aliphatic heterocycles. The highest BCUT2D eigenvalue weighted by molar-refractivity contribution is 6.30. The van der Waals surface area contributed by atoms with Crippen LogP contribution in [0.5, 0.6) is 5.75 Å². The van der Waals surface area contributed by atoms with E-state index in [1.54, 1.807) is 41.3 Å². The summed E-state index contributed by atoms with van der Waals surface area (Å²) < 4.78 is 7.51. The van der Waals surface area contributed by atoms with Gasteiger partial charge in [-0.25, -0.2) is 0 Å². The molecule has 0 saturated carbocycles. The van der Waals surface area contributed by atoms with Crippen LogP contribution in [0.1, 0.15) is 21.5 Å². The first kappa shape index (κ1) is 21.0. The summed E-state index contributed by atoms with van der Waals surface area (Å²) in [5.74, 6) is 0.464. The normalized spacial score (nSPS) is 10.6. The SMILES string of the molecule is O=C(Nc1cnn(Cc2ccc(Cl)cc2)c1)c1cccc(COc2cccc(Cl)c2)c1. The van der Waals surface area contributed by atoms with Crippen LogP contribution in [0.25, 0.3) is 0 Å². The Bertz CT molecular complexity index is 1190. The maximum atomic E-state index is 12.7. The molecule has 0 unspecified atom stereocenters. The maximum Gasteiger partial charge on any atom is 0.255 e. The van der Waals surface area contributed by atoms with Gasteiger partial charge in [-0.1, -0.05) is 53.5 Å². The second-order valence-electron chi connectivity index (χ2n) is 6.95. The Labute approximate surface area is 190 Å². The van der Waals surface area contributed by atoms with Gasteiger partial charge in [0.2, 0.25) is 0 Å². The molecule has 0 aliphatic rings. The number of aromatic nitrogens is 2. The fraction of sp³-hybridized carbons (Fsp3) is 0.0833. The number of rotatable bonds is 7. The quantitative estimate of drug-likeness (QED) is 0.370. The molecule has 4 aromatic rings. The number of anilines is 1. The van der Waals surface area contributed by atoms with Crippen LogP contribution in [0, 0.1) is 0 Å². The fourth-order valence-electron chi connectivity index (χ4n) is 3.02. The number of ether oxygens (including phenoxy) is 1. The average Bonchev–Trinajstić information content (AvgIpc) is 3.21. The van der Waals surface area contributed by atoms with E-state index in [9.17, 15) is 4.79 Å². The zero-order valence-corrected chi connectivity index (χ0v) is 18.0. The van der Waals surface area contributed by atoms with Gasteiger partial charge in [0, 0.05) is 21.8 Å². The molecule has 4 rings (SSSR count). The van der Waals surface area contributed by atoms with Crippen LogP contribution >= 0.6 is 23.2 Å². The lowest BCUT2D eigenvalue weighted by atomic mass is 10.1. The second kappa shape index (κ2) is 9.69. The lowest BCUT2D eigenvalue weighted by molar-refractivity contribution is 0.102. The number of carbonyl (C=O) groups excluding carboxylic acids is 1. The van der Waals surface area contributed by atoms with Gasteiger partial charge < -0.3 is 10.1 Å². The Morgan fingerprint density at radius 2 is 1.74 bits per heavy atom. The Morgan fingerprint density at radius 3 is 2.55 bits per heavy atom. The second-order valence-corrected chi connectivity index (χ2v) is 7.83. The molecular weight excluding hydrogens is 433 g/mol. The summed E-state index contributed by atoms with van der Waals surface area (Å²) in [7, 11) is 0. The van der Waals surface area contributed by atoms with Gasteiger partial charge in [-0.15, -0.1) is 0 Å². The van der Waals surface area contributed by atoms with Crippen molar-refractivity contribution in [2.24, 2.45) is 0 Å². The third-order valence-electron chi connectivity index (χ3n) is 4.54. The topological polar surface area (TPSA) is 56.2 Å². The van der Waals surface area contributed by atoms with Crippen molar-refractivity contribution in [3.8, 4) is 5.75 Å². The molecule has 0 atom stereocenters. The Balaban J connectivity index is 1.37. The summed E-state index contributed by atoms with van der Waals surface area (Å²) in [5.41, 5.74) is 3.11. The van der Waals surface area contributed by atoms with Crippen molar-refractivity contribution in [3.63, 3.8) is 0 Å². The van der Waals surface area contributed by atoms with Crippen molar-refractivity contribution >= 4 is 34.8 Å². The molecule has 0 spiro atoms. The highest BCUT2D eigenvalue weighted by Crippen LogP contribution is 2.19. The van der Waals surface area contributed by atoms with Crippen molar-refractivity contribution in [3.05, 3.63) is 112 Å². The predicted molar refractivity (Wildman–Crippen MR) is 123 cm³/mol. The molecule has 1 heterocycles. The molecule has 7 heteroatoms. The van der Waals surface area contributed by atoms with E-state index in [1.807, 2.05) is 48.5 Å².